The Bertz CT molecular complexity index is 159. The molecule has 2 heterocycles. The van der Waals surface area contributed by atoms with E-state index in [0.29, 0.717) is 5.12 Å². The van der Waals surface area contributed by atoms with Crippen LogP contribution in [-0.4, -0.2) is 17.1 Å². The van der Waals surface area contributed by atoms with Crippen LogP contribution in [0.5, 0.6) is 0 Å². The van der Waals surface area contributed by atoms with E-state index >= 15 is 0 Å². The first kappa shape index (κ1) is 6.13. The summed E-state index contributed by atoms with van der Waals surface area (Å²) in [5, 5.41) is 0.442. The Morgan fingerprint density at radius 2 is 1.90 bits per heavy atom. The van der Waals surface area contributed by atoms with Crippen molar-refractivity contribution < 1.29 is 9.28 Å². The maximum absolute atomic E-state index is 12.8. The third-order valence-corrected chi connectivity index (χ3v) is 2.58. The first-order valence-corrected chi connectivity index (χ1v) is 3.78. The van der Waals surface area contributed by atoms with E-state index in [1.807, 2.05) is 0 Å². The summed E-state index contributed by atoms with van der Waals surface area (Å²) in [5.41, 5.74) is 0. The van der Waals surface area contributed by atoms with Crippen LogP contribution >= 0.6 is 0 Å². The number of halogens is 1. The van der Waals surface area contributed by atoms with Crippen LogP contribution in [0.4, 0.5) is 4.48 Å². The molecule has 0 N–H and O–H groups in total. The standard InChI is InChI=1S/C7H10FNO/c8-9-6-3-1-5(2-4-6)7(9)10/h5-6H,1-4H2. The van der Waals surface area contributed by atoms with Crippen LogP contribution in [0.2, 0.25) is 0 Å². The summed E-state index contributed by atoms with van der Waals surface area (Å²) in [4.78, 5) is 10.9. The number of nitrogens with zero attached hydrogens (tertiary/aromatic N) is 1. The summed E-state index contributed by atoms with van der Waals surface area (Å²) in [6, 6.07) is -0.0856. The van der Waals surface area contributed by atoms with Crippen LogP contribution in [0.1, 0.15) is 25.7 Å². The van der Waals surface area contributed by atoms with Crippen LogP contribution in [0.15, 0.2) is 0 Å². The second-order valence-electron chi connectivity index (χ2n) is 3.15. The summed E-state index contributed by atoms with van der Waals surface area (Å²) in [6.07, 6.45) is 3.55. The molecule has 0 aromatic rings. The minimum absolute atomic E-state index is 0.00926. The second-order valence-corrected chi connectivity index (χ2v) is 3.15. The predicted octanol–water partition coefficient (Wildman–Crippen LogP) is 1.27. The topological polar surface area (TPSA) is 20.3 Å². The molecule has 0 unspecified atom stereocenters. The molecule has 3 heteroatoms. The zero-order chi connectivity index (χ0) is 7.14. The van der Waals surface area contributed by atoms with Gasteiger partial charge in [-0.3, -0.25) is 4.79 Å². The molecule has 56 valence electrons. The highest BCUT2D eigenvalue weighted by molar-refractivity contribution is 5.79. The van der Waals surface area contributed by atoms with E-state index in [2.05, 4.69) is 0 Å². The molecule has 0 radical (unpaired) electrons. The van der Waals surface area contributed by atoms with Crippen molar-refractivity contribution in [1.29, 1.82) is 0 Å². The van der Waals surface area contributed by atoms with Crippen molar-refractivity contribution in [2.24, 2.45) is 5.92 Å². The maximum atomic E-state index is 12.8. The lowest BCUT2D eigenvalue weighted by atomic mass is 9.81. The lowest BCUT2D eigenvalue weighted by Gasteiger charge is -2.38. The van der Waals surface area contributed by atoms with Gasteiger partial charge in [0.1, 0.15) is 0 Å². The summed E-state index contributed by atoms with van der Waals surface area (Å²) in [5.74, 6) is -0.266. The van der Waals surface area contributed by atoms with Crippen molar-refractivity contribution >= 4 is 5.91 Å². The molecule has 2 aliphatic heterocycles. The number of piperidine rings is 2. The Balaban J connectivity index is 2.20. The van der Waals surface area contributed by atoms with Gasteiger partial charge in [0, 0.05) is 5.92 Å². The molecule has 0 atom stereocenters. The van der Waals surface area contributed by atoms with E-state index < -0.39 is 0 Å². The van der Waals surface area contributed by atoms with Crippen LogP contribution < -0.4 is 0 Å². The highest BCUT2D eigenvalue weighted by atomic mass is 19.2. The molecule has 2 bridgehead atoms. The van der Waals surface area contributed by atoms with Gasteiger partial charge in [0.15, 0.2) is 0 Å². The first-order valence-electron chi connectivity index (χ1n) is 3.78. The average molecular weight is 143 g/mol. The van der Waals surface area contributed by atoms with Crippen molar-refractivity contribution in [1.82, 2.24) is 5.12 Å². The van der Waals surface area contributed by atoms with Crippen molar-refractivity contribution in [3.8, 4) is 0 Å². The van der Waals surface area contributed by atoms with Gasteiger partial charge in [-0.15, -0.1) is 0 Å². The van der Waals surface area contributed by atoms with Gasteiger partial charge in [-0.2, -0.15) is 5.12 Å². The number of hydrogen-bond donors (Lipinski definition) is 0. The highest BCUT2D eigenvalue weighted by Gasteiger charge is 2.40. The Morgan fingerprint density at radius 3 is 2.20 bits per heavy atom. The predicted molar refractivity (Wildman–Crippen MR) is 33.7 cm³/mol. The highest BCUT2D eigenvalue weighted by Crippen LogP contribution is 2.35. The van der Waals surface area contributed by atoms with Gasteiger partial charge in [0.05, 0.1) is 6.04 Å². The molecular weight excluding hydrogens is 133 g/mol. The number of carbonyl (C=O) groups is 1. The van der Waals surface area contributed by atoms with Gasteiger partial charge in [-0.25, -0.2) is 0 Å². The molecule has 10 heavy (non-hydrogen) atoms. The molecule has 1 amide bonds. The van der Waals surface area contributed by atoms with E-state index in [1.54, 1.807) is 0 Å². The van der Waals surface area contributed by atoms with E-state index in [1.165, 1.54) is 0 Å². The summed E-state index contributed by atoms with van der Waals surface area (Å²) >= 11 is 0. The number of hydrogen-bond acceptors (Lipinski definition) is 1. The van der Waals surface area contributed by atoms with Crippen molar-refractivity contribution in [2.75, 3.05) is 0 Å². The summed E-state index contributed by atoms with van der Waals surface area (Å²) < 4.78 is 12.8. The molecule has 2 nitrogen and oxygen atoms in total. The number of rotatable bonds is 0. The molecule has 0 spiro atoms. The largest absolute Gasteiger partial charge is 0.272 e. The van der Waals surface area contributed by atoms with E-state index in [0.717, 1.165) is 25.7 Å². The van der Waals surface area contributed by atoms with Crippen LogP contribution in [0.25, 0.3) is 0 Å². The zero-order valence-corrected chi connectivity index (χ0v) is 5.72. The Labute approximate surface area is 58.9 Å². The van der Waals surface area contributed by atoms with Crippen molar-refractivity contribution in [3.63, 3.8) is 0 Å². The number of amides is 1. The lowest BCUT2D eigenvalue weighted by Crippen LogP contribution is -2.47. The van der Waals surface area contributed by atoms with Gasteiger partial charge >= 0.3 is 0 Å². The average Bonchev–Trinajstić information content (AvgIpc) is 2.00. The van der Waals surface area contributed by atoms with Crippen molar-refractivity contribution in [3.05, 3.63) is 0 Å². The Hall–Kier alpha value is -0.600. The van der Waals surface area contributed by atoms with Crippen LogP contribution in [0.3, 0.4) is 0 Å². The minimum Gasteiger partial charge on any atom is -0.272 e. The van der Waals surface area contributed by atoms with Crippen LogP contribution in [0, 0.1) is 5.92 Å². The smallest absolute Gasteiger partial charge is 0.253 e. The molecule has 3 aliphatic rings. The van der Waals surface area contributed by atoms with Gasteiger partial charge in [0.25, 0.3) is 5.91 Å². The minimum atomic E-state index is -0.275. The molecule has 1 saturated carbocycles. The zero-order valence-electron chi connectivity index (χ0n) is 5.72. The molecule has 1 aliphatic carbocycles. The maximum Gasteiger partial charge on any atom is 0.253 e. The van der Waals surface area contributed by atoms with Gasteiger partial charge < -0.3 is 0 Å². The van der Waals surface area contributed by atoms with Gasteiger partial charge in [0.2, 0.25) is 0 Å². The Morgan fingerprint density at radius 1 is 1.30 bits per heavy atom. The fourth-order valence-electron chi connectivity index (χ4n) is 1.90. The molecular formula is C7H10FNO. The van der Waals surface area contributed by atoms with E-state index in [9.17, 15) is 9.28 Å². The fourth-order valence-corrected chi connectivity index (χ4v) is 1.90. The molecule has 3 rings (SSSR count). The summed E-state index contributed by atoms with van der Waals surface area (Å²) in [6.45, 7) is 0. The van der Waals surface area contributed by atoms with Gasteiger partial charge in [-0.1, -0.05) is 4.48 Å². The van der Waals surface area contributed by atoms with Crippen LogP contribution in [-0.2, 0) is 4.79 Å². The van der Waals surface area contributed by atoms with E-state index in [-0.39, 0.29) is 17.9 Å². The molecule has 3 fully saturated rings. The molecule has 2 saturated heterocycles. The SMILES string of the molecule is O=C1C2CCC(CC2)N1F. The first-order chi connectivity index (χ1) is 4.79. The monoisotopic (exact) mass is 143 g/mol. The van der Waals surface area contributed by atoms with Crippen molar-refractivity contribution in [2.45, 2.75) is 31.7 Å². The molecule has 0 aromatic heterocycles. The number of carbonyl (C=O) groups excluding carboxylic acids is 1. The fraction of sp³-hybridized carbons (Fsp3) is 0.857. The molecule has 0 aromatic carbocycles. The van der Waals surface area contributed by atoms with E-state index in [4.69, 9.17) is 0 Å². The third-order valence-electron chi connectivity index (χ3n) is 2.58. The summed E-state index contributed by atoms with van der Waals surface area (Å²) in [7, 11) is 0. The van der Waals surface area contributed by atoms with Gasteiger partial charge in [-0.05, 0) is 25.7 Å². The second kappa shape index (κ2) is 1.94. The third kappa shape index (κ3) is 0.662. The Kier molecular flexibility index (Phi) is 1.19. The number of fused-ring (bicyclic) bond motifs is 3. The normalized spacial score (nSPS) is 38.9. The quantitative estimate of drug-likeness (QED) is 0.467. The lowest BCUT2D eigenvalue weighted by molar-refractivity contribution is -0.171.